The van der Waals surface area contributed by atoms with Gasteiger partial charge < -0.3 is 28.4 Å². The van der Waals surface area contributed by atoms with Crippen molar-refractivity contribution in [3.8, 4) is 34.5 Å². The Morgan fingerprint density at radius 1 is 0.750 bits per heavy atom. The van der Waals surface area contributed by atoms with Crippen LogP contribution in [0.1, 0.15) is 5.56 Å². The number of ether oxygens (including phenoxy) is 6. The molecular weight excluding hydrogens is 542 g/mol. The smallest absolute Gasteiger partial charge is 0.265 e. The molecule has 0 radical (unpaired) electrons. The molecule has 0 aliphatic carbocycles. The lowest BCUT2D eigenvalue weighted by Gasteiger charge is -2.26. The van der Waals surface area contributed by atoms with Crippen LogP contribution in [0.15, 0.2) is 64.6 Å². The van der Waals surface area contributed by atoms with E-state index in [4.69, 9.17) is 28.4 Å². The first-order chi connectivity index (χ1) is 19.2. The maximum atomic E-state index is 13.9. The normalized spacial score (nSPS) is 11.1. The predicted molar refractivity (Wildman–Crippen MR) is 149 cm³/mol. The molecule has 0 aliphatic rings. The fraction of sp³-hybridized carbons (Fsp3) is 0.259. The summed E-state index contributed by atoms with van der Waals surface area (Å²) < 4.78 is 60.4. The molecule has 0 fully saturated rings. The summed E-state index contributed by atoms with van der Waals surface area (Å²) in [6, 6.07) is 13.8. The van der Waals surface area contributed by atoms with E-state index < -0.39 is 22.5 Å². The molecule has 40 heavy (non-hydrogen) atoms. The van der Waals surface area contributed by atoms with Crippen LogP contribution in [0.3, 0.4) is 0 Å². The minimum absolute atomic E-state index is 0.0793. The average Bonchev–Trinajstić information content (AvgIpc) is 2.98. The first kappa shape index (κ1) is 29.9. The first-order valence-electron chi connectivity index (χ1n) is 11.7. The molecule has 3 rings (SSSR count). The van der Waals surface area contributed by atoms with E-state index in [1.165, 1.54) is 73.1 Å². The quantitative estimate of drug-likeness (QED) is 0.242. The average molecular weight is 574 g/mol. The van der Waals surface area contributed by atoms with Crippen molar-refractivity contribution in [3.63, 3.8) is 0 Å². The van der Waals surface area contributed by atoms with Gasteiger partial charge in [0.1, 0.15) is 18.0 Å². The van der Waals surface area contributed by atoms with Gasteiger partial charge in [0.15, 0.2) is 23.0 Å². The SMILES string of the molecule is COc1ccc(OC)c(N(CC(=O)N/N=C\c2ccc(OC)c(OC)c2)S(=O)(=O)c2ccc(OC)c(OC)c2)c1. The van der Waals surface area contributed by atoms with Crippen molar-refractivity contribution >= 4 is 27.8 Å². The second kappa shape index (κ2) is 13.4. The Morgan fingerprint density at radius 2 is 1.32 bits per heavy atom. The lowest BCUT2D eigenvalue weighted by molar-refractivity contribution is -0.119. The lowest BCUT2D eigenvalue weighted by Crippen LogP contribution is -2.39. The van der Waals surface area contributed by atoms with Gasteiger partial charge in [-0.25, -0.2) is 13.8 Å². The van der Waals surface area contributed by atoms with Crippen LogP contribution < -0.4 is 38.2 Å². The van der Waals surface area contributed by atoms with Gasteiger partial charge in [0.05, 0.1) is 59.5 Å². The van der Waals surface area contributed by atoms with Crippen LogP contribution in [0.25, 0.3) is 0 Å². The zero-order valence-corrected chi connectivity index (χ0v) is 23.8. The van der Waals surface area contributed by atoms with Crippen molar-refractivity contribution in [2.24, 2.45) is 5.10 Å². The van der Waals surface area contributed by atoms with E-state index in [2.05, 4.69) is 10.5 Å². The van der Waals surface area contributed by atoms with Gasteiger partial charge in [-0.3, -0.25) is 9.10 Å². The van der Waals surface area contributed by atoms with Crippen molar-refractivity contribution in [2.45, 2.75) is 4.90 Å². The van der Waals surface area contributed by atoms with E-state index in [-0.39, 0.29) is 22.1 Å². The third kappa shape index (κ3) is 6.67. The Morgan fingerprint density at radius 3 is 1.93 bits per heavy atom. The summed E-state index contributed by atoms with van der Waals surface area (Å²) in [6.07, 6.45) is 1.39. The van der Waals surface area contributed by atoms with Gasteiger partial charge in [0, 0.05) is 12.1 Å². The van der Waals surface area contributed by atoms with E-state index in [0.29, 0.717) is 28.6 Å². The van der Waals surface area contributed by atoms with E-state index >= 15 is 0 Å². The van der Waals surface area contributed by atoms with Gasteiger partial charge in [-0.05, 0) is 48.0 Å². The number of amides is 1. The number of carbonyl (C=O) groups excluding carboxylic acids is 1. The number of carbonyl (C=O) groups is 1. The number of hydrogen-bond donors (Lipinski definition) is 1. The Balaban J connectivity index is 1.97. The summed E-state index contributed by atoms with van der Waals surface area (Å²) in [6.45, 7) is -0.635. The van der Waals surface area contributed by atoms with Crippen LogP contribution in [0.4, 0.5) is 5.69 Å². The van der Waals surface area contributed by atoms with Crippen molar-refractivity contribution in [2.75, 3.05) is 53.5 Å². The number of anilines is 1. The third-order valence-corrected chi connectivity index (χ3v) is 7.45. The molecule has 1 N–H and O–H groups in total. The molecule has 12 nitrogen and oxygen atoms in total. The van der Waals surface area contributed by atoms with Crippen molar-refractivity contribution in [3.05, 3.63) is 60.2 Å². The van der Waals surface area contributed by atoms with Crippen LogP contribution >= 0.6 is 0 Å². The molecular formula is C27H31N3O9S. The molecule has 0 unspecified atom stereocenters. The number of hydrogen-bond acceptors (Lipinski definition) is 10. The van der Waals surface area contributed by atoms with Crippen molar-refractivity contribution in [1.82, 2.24) is 5.43 Å². The molecule has 3 aromatic rings. The zero-order chi connectivity index (χ0) is 29.3. The molecule has 0 aromatic heterocycles. The molecule has 0 saturated heterocycles. The van der Waals surface area contributed by atoms with Crippen LogP contribution in [0, 0.1) is 0 Å². The summed E-state index contributed by atoms with van der Waals surface area (Å²) in [5.41, 5.74) is 3.06. The minimum atomic E-state index is -4.34. The summed E-state index contributed by atoms with van der Waals surface area (Å²) in [5, 5.41) is 3.97. The monoisotopic (exact) mass is 573 g/mol. The predicted octanol–water partition coefficient (Wildman–Crippen LogP) is 3.08. The molecule has 0 aliphatic heterocycles. The first-order valence-corrected chi connectivity index (χ1v) is 13.2. The van der Waals surface area contributed by atoms with Crippen molar-refractivity contribution < 1.29 is 41.6 Å². The van der Waals surface area contributed by atoms with Gasteiger partial charge in [-0.1, -0.05) is 0 Å². The van der Waals surface area contributed by atoms with Gasteiger partial charge in [0.25, 0.3) is 15.9 Å². The summed E-state index contributed by atoms with van der Waals surface area (Å²) in [7, 11) is 4.33. The molecule has 0 heterocycles. The molecule has 13 heteroatoms. The second-order valence-corrected chi connectivity index (χ2v) is 9.84. The highest BCUT2D eigenvalue weighted by Crippen LogP contribution is 2.37. The largest absolute Gasteiger partial charge is 0.497 e. The molecule has 0 bridgehead atoms. The Bertz CT molecular complexity index is 1480. The van der Waals surface area contributed by atoms with Gasteiger partial charge in [-0.2, -0.15) is 5.10 Å². The highest BCUT2D eigenvalue weighted by Gasteiger charge is 2.31. The van der Waals surface area contributed by atoms with Crippen molar-refractivity contribution in [1.29, 1.82) is 0 Å². The number of methoxy groups -OCH3 is 6. The van der Waals surface area contributed by atoms with Crippen LogP contribution in [0.5, 0.6) is 34.5 Å². The molecule has 0 atom stereocenters. The van der Waals surface area contributed by atoms with E-state index in [9.17, 15) is 13.2 Å². The fourth-order valence-corrected chi connectivity index (χ4v) is 5.11. The van der Waals surface area contributed by atoms with Crippen LogP contribution in [0.2, 0.25) is 0 Å². The van der Waals surface area contributed by atoms with Gasteiger partial charge in [-0.15, -0.1) is 0 Å². The topological polar surface area (TPSA) is 134 Å². The number of nitrogens with zero attached hydrogens (tertiary/aromatic N) is 2. The molecule has 0 spiro atoms. The fourth-order valence-electron chi connectivity index (χ4n) is 3.67. The number of sulfonamides is 1. The Labute approximate surface area is 233 Å². The van der Waals surface area contributed by atoms with Gasteiger partial charge >= 0.3 is 0 Å². The number of hydrazone groups is 1. The van der Waals surface area contributed by atoms with E-state index in [0.717, 1.165) is 4.31 Å². The second-order valence-electron chi connectivity index (χ2n) is 7.97. The highest BCUT2D eigenvalue weighted by atomic mass is 32.2. The molecule has 214 valence electrons. The summed E-state index contributed by atoms with van der Waals surface area (Å²) in [5.74, 6) is 1.40. The highest BCUT2D eigenvalue weighted by molar-refractivity contribution is 7.92. The molecule has 1 amide bonds. The number of benzene rings is 3. The molecule has 0 saturated carbocycles. The number of rotatable bonds is 13. The lowest BCUT2D eigenvalue weighted by atomic mass is 10.2. The standard InChI is InChI=1S/C27H31N3O9S/c1-34-19-8-11-22(35-2)21(14-19)30(40(32,33)20-9-12-24(37-4)26(15-20)39-6)17-27(31)29-28-16-18-7-10-23(36-3)25(13-18)38-5/h7-16H,17H2,1-6H3,(H,29,31)/b28-16-. The summed E-state index contributed by atoms with van der Waals surface area (Å²) >= 11 is 0. The minimum Gasteiger partial charge on any atom is -0.497 e. The van der Waals surface area contributed by atoms with E-state index in [1.54, 1.807) is 30.3 Å². The number of nitrogens with one attached hydrogen (secondary N) is 1. The summed E-state index contributed by atoms with van der Waals surface area (Å²) in [4.78, 5) is 12.9. The maximum Gasteiger partial charge on any atom is 0.265 e. The zero-order valence-electron chi connectivity index (χ0n) is 23.0. The van der Waals surface area contributed by atoms with Crippen LogP contribution in [-0.2, 0) is 14.8 Å². The molecule has 3 aromatic carbocycles. The Hall–Kier alpha value is -4.65. The maximum absolute atomic E-state index is 13.9. The Kier molecular flexibility index (Phi) is 10.0. The van der Waals surface area contributed by atoms with E-state index in [1.807, 2.05) is 0 Å². The van der Waals surface area contributed by atoms with Gasteiger partial charge in [0.2, 0.25) is 0 Å². The van der Waals surface area contributed by atoms with Crippen LogP contribution in [-0.4, -0.2) is 69.7 Å². The third-order valence-electron chi connectivity index (χ3n) is 5.70.